The van der Waals surface area contributed by atoms with Gasteiger partial charge in [-0.2, -0.15) is 0 Å². The van der Waals surface area contributed by atoms with Crippen LogP contribution in [0.1, 0.15) is 0 Å². The summed E-state index contributed by atoms with van der Waals surface area (Å²) in [5.41, 5.74) is 0. The Hall–Kier alpha value is 1.67. The van der Waals surface area contributed by atoms with Crippen LogP contribution < -0.4 is 0 Å². The minimum absolute atomic E-state index is 0. The molecule has 0 heterocycles. The third-order valence-electron chi connectivity index (χ3n) is 0. The van der Waals surface area contributed by atoms with Crippen molar-refractivity contribution >= 4 is 61.1 Å². The van der Waals surface area contributed by atoms with E-state index in [2.05, 4.69) is 0 Å². The fourth-order valence-corrected chi connectivity index (χ4v) is 0. The van der Waals surface area contributed by atoms with Gasteiger partial charge in [0.2, 0.25) is 0 Å². The van der Waals surface area contributed by atoms with Crippen molar-refractivity contribution in [1.29, 1.82) is 0 Å². The molecule has 4 heavy (non-hydrogen) atoms. The molecule has 0 saturated carbocycles. The third kappa shape index (κ3) is 9.38. The molecule has 0 fully saturated rings. The van der Waals surface area contributed by atoms with E-state index in [-0.39, 0.29) is 61.1 Å². The second-order valence-corrected chi connectivity index (χ2v) is 0. The standard InChI is InChI=1S/3ClH.Sn.2H/h3*1H;;;. The quantitative estimate of drug-likeness (QED) is 0.527. The molecule has 0 unspecified atom stereocenters. The molecule has 0 N–H and O–H groups in total. The van der Waals surface area contributed by atoms with E-state index in [1.54, 1.807) is 0 Å². The van der Waals surface area contributed by atoms with Gasteiger partial charge >= 0.3 is 23.9 Å². The van der Waals surface area contributed by atoms with Crippen LogP contribution in [-0.4, -0.2) is 23.9 Å². The van der Waals surface area contributed by atoms with Crippen molar-refractivity contribution in [3.8, 4) is 0 Å². The zero-order valence-electron chi connectivity index (χ0n) is 1.93. The van der Waals surface area contributed by atoms with Crippen LogP contribution in [0.25, 0.3) is 0 Å². The fourth-order valence-electron chi connectivity index (χ4n) is 0. The van der Waals surface area contributed by atoms with E-state index in [1.165, 1.54) is 0 Å². The van der Waals surface area contributed by atoms with Crippen molar-refractivity contribution in [3.05, 3.63) is 0 Å². The molecule has 0 aromatic rings. The van der Waals surface area contributed by atoms with Crippen LogP contribution in [0, 0.1) is 0 Å². The van der Waals surface area contributed by atoms with Gasteiger partial charge in [0.15, 0.2) is 0 Å². The predicted octanol–water partition coefficient (Wildman–Crippen LogP) is 0.349. The number of hydrogen-bond acceptors (Lipinski definition) is 0. The van der Waals surface area contributed by atoms with Gasteiger partial charge in [-0.1, -0.05) is 0 Å². The van der Waals surface area contributed by atoms with Crippen molar-refractivity contribution < 1.29 is 0 Å². The van der Waals surface area contributed by atoms with Crippen molar-refractivity contribution in [2.45, 2.75) is 0 Å². The molecule has 0 nitrogen and oxygen atoms in total. The van der Waals surface area contributed by atoms with E-state index < -0.39 is 0 Å². The fraction of sp³-hybridized carbons (Fsp3) is 0. The van der Waals surface area contributed by atoms with Crippen molar-refractivity contribution in [2.75, 3.05) is 0 Å². The summed E-state index contributed by atoms with van der Waals surface area (Å²) in [6.07, 6.45) is 0. The van der Waals surface area contributed by atoms with E-state index in [1.807, 2.05) is 0 Å². The van der Waals surface area contributed by atoms with E-state index >= 15 is 0 Å². The first-order valence-electron chi connectivity index (χ1n) is 0. The Bertz CT molecular complexity index is 3.25. The Kier molecular flexibility index (Phi) is 250. The van der Waals surface area contributed by atoms with Crippen LogP contribution in [0.4, 0.5) is 0 Å². The van der Waals surface area contributed by atoms with Gasteiger partial charge in [-0.05, 0) is 0 Å². The first-order valence-corrected chi connectivity index (χ1v) is 0. The Morgan fingerprint density at radius 1 is 0.500 bits per heavy atom. The third-order valence-corrected chi connectivity index (χ3v) is 0. The second-order valence-electron chi connectivity index (χ2n) is 0. The van der Waals surface area contributed by atoms with Gasteiger partial charge in [0.05, 0.1) is 0 Å². The maximum atomic E-state index is 0. The van der Waals surface area contributed by atoms with Gasteiger partial charge < -0.3 is 0 Å². The monoisotopic (exact) mass is 230 g/mol. The van der Waals surface area contributed by atoms with Crippen LogP contribution in [0.2, 0.25) is 0 Å². The van der Waals surface area contributed by atoms with Crippen LogP contribution in [0.3, 0.4) is 0 Å². The van der Waals surface area contributed by atoms with Crippen molar-refractivity contribution in [3.63, 3.8) is 0 Å². The molecule has 0 aliphatic carbocycles. The summed E-state index contributed by atoms with van der Waals surface area (Å²) >= 11 is 0. The zero-order valence-corrected chi connectivity index (χ0v) is 8.42. The Morgan fingerprint density at radius 2 is 0.500 bits per heavy atom. The minimum atomic E-state index is 0. The molecule has 0 bridgehead atoms. The van der Waals surface area contributed by atoms with E-state index in [4.69, 9.17) is 0 Å². The molecule has 4 heteroatoms. The van der Waals surface area contributed by atoms with Gasteiger partial charge in [-0.25, -0.2) is 0 Å². The predicted molar refractivity (Wildman–Crippen MR) is 30.3 cm³/mol. The summed E-state index contributed by atoms with van der Waals surface area (Å²) in [7, 11) is 0. The molecule has 0 saturated heterocycles. The molecule has 0 spiro atoms. The second kappa shape index (κ2) is 22.6. The summed E-state index contributed by atoms with van der Waals surface area (Å²) in [6, 6.07) is 0. The molecule has 0 atom stereocenters. The van der Waals surface area contributed by atoms with Gasteiger partial charge in [-0.15, -0.1) is 37.2 Å². The molecule has 0 rings (SSSR count). The first kappa shape index (κ1) is 44.4. The average molecular weight is 230 g/mol. The summed E-state index contributed by atoms with van der Waals surface area (Å²) < 4.78 is 0. The average Bonchev–Trinajstić information content (AvgIpc) is 0. The van der Waals surface area contributed by atoms with Crippen molar-refractivity contribution in [2.24, 2.45) is 0 Å². The molecular formula is H5Cl3Sn. The molecule has 2 radical (unpaired) electrons. The van der Waals surface area contributed by atoms with E-state index in [0.29, 0.717) is 0 Å². The molecule has 0 aromatic carbocycles. The molecule has 30 valence electrons. The van der Waals surface area contributed by atoms with Gasteiger partial charge in [0, 0.05) is 0 Å². The van der Waals surface area contributed by atoms with Crippen LogP contribution in [0.5, 0.6) is 0 Å². The molecule has 0 aliphatic rings. The normalized spacial score (nSPS) is 0. The Labute approximate surface area is 60.9 Å². The Morgan fingerprint density at radius 3 is 0.500 bits per heavy atom. The summed E-state index contributed by atoms with van der Waals surface area (Å²) in [4.78, 5) is 0. The first-order chi connectivity index (χ1) is 0. The molecular weight excluding hydrogens is 225 g/mol. The number of halogens is 3. The van der Waals surface area contributed by atoms with Crippen LogP contribution in [-0.2, 0) is 0 Å². The van der Waals surface area contributed by atoms with Gasteiger partial charge in [-0.3, -0.25) is 0 Å². The van der Waals surface area contributed by atoms with Crippen LogP contribution >= 0.6 is 37.2 Å². The number of rotatable bonds is 0. The van der Waals surface area contributed by atoms with E-state index in [0.717, 1.165) is 0 Å². The molecule has 0 amide bonds. The Balaban J connectivity index is 0. The topological polar surface area (TPSA) is 0 Å². The SMILES string of the molecule is Cl.Cl.Cl.[SnH2]. The molecule has 0 aliphatic heterocycles. The summed E-state index contributed by atoms with van der Waals surface area (Å²) in [5.74, 6) is 0. The van der Waals surface area contributed by atoms with Crippen molar-refractivity contribution in [1.82, 2.24) is 0 Å². The molecule has 0 aromatic heterocycles. The van der Waals surface area contributed by atoms with Gasteiger partial charge in [0.1, 0.15) is 0 Å². The van der Waals surface area contributed by atoms with E-state index in [9.17, 15) is 0 Å². The van der Waals surface area contributed by atoms with Gasteiger partial charge in [0.25, 0.3) is 0 Å². The van der Waals surface area contributed by atoms with Crippen LogP contribution in [0.15, 0.2) is 0 Å². The summed E-state index contributed by atoms with van der Waals surface area (Å²) in [6.45, 7) is 0. The zero-order chi connectivity index (χ0) is 0. The number of hydrogen-bond donors (Lipinski definition) is 0. The summed E-state index contributed by atoms with van der Waals surface area (Å²) in [5, 5.41) is 0. The maximum absolute atomic E-state index is 0.